The minimum Gasteiger partial charge on any atom is -0.324 e. The summed E-state index contributed by atoms with van der Waals surface area (Å²) in [5.74, 6) is 1.13. The van der Waals surface area contributed by atoms with Crippen LogP contribution >= 0.6 is 15.9 Å². The summed E-state index contributed by atoms with van der Waals surface area (Å²) in [5.41, 5.74) is 0.828. The average molecular weight is 361 g/mol. The highest BCUT2D eigenvalue weighted by Crippen LogP contribution is 2.32. The Hall–Kier alpha value is -1.55. The van der Waals surface area contributed by atoms with Crippen LogP contribution in [0.5, 0.6) is 0 Å². The quantitative estimate of drug-likeness (QED) is 0.752. The number of hydrogen-bond donors (Lipinski definition) is 1. The lowest BCUT2D eigenvalue weighted by atomic mass is 9.92. The maximum atomic E-state index is 12.5. The number of hydrogen-bond acceptors (Lipinski definition) is 1. The van der Waals surface area contributed by atoms with E-state index in [4.69, 9.17) is 0 Å². The van der Waals surface area contributed by atoms with Gasteiger partial charge in [0.25, 0.3) is 0 Å². The molecule has 0 bridgehead atoms. The number of benzene rings is 2. The fraction of sp³-hybridized carbons (Fsp3) is 0.389. The molecule has 1 fully saturated rings. The van der Waals surface area contributed by atoms with Gasteiger partial charge in [-0.3, -0.25) is 0 Å². The van der Waals surface area contributed by atoms with Crippen molar-refractivity contribution >= 4 is 38.4 Å². The van der Waals surface area contributed by atoms with Gasteiger partial charge in [0.15, 0.2) is 0 Å². The zero-order chi connectivity index (χ0) is 15.7. The van der Waals surface area contributed by atoms with Gasteiger partial charge in [0, 0.05) is 17.6 Å². The summed E-state index contributed by atoms with van der Waals surface area (Å²) < 4.78 is 0.942. The van der Waals surface area contributed by atoms with E-state index in [1.54, 1.807) is 0 Å². The molecule has 1 aliphatic heterocycles. The topological polar surface area (TPSA) is 32.3 Å². The van der Waals surface area contributed by atoms with Gasteiger partial charge in [0.2, 0.25) is 0 Å². The number of likely N-dealkylation sites (tertiary alicyclic amines) is 1. The van der Waals surface area contributed by atoms with Gasteiger partial charge in [0.05, 0.1) is 5.69 Å². The number of carbonyl (C=O) groups excluding carboxylic acids is 1. The maximum Gasteiger partial charge on any atom is 0.321 e. The van der Waals surface area contributed by atoms with E-state index in [0.717, 1.165) is 34.0 Å². The average Bonchev–Trinajstić information content (AvgIpc) is 2.49. The first-order valence-electron chi connectivity index (χ1n) is 7.77. The Morgan fingerprint density at radius 1 is 1.14 bits per heavy atom. The SMILES string of the molecule is CC1CC(C)CN(C(=O)Nc2ccc3ccccc3c2Br)C1. The van der Waals surface area contributed by atoms with E-state index in [-0.39, 0.29) is 6.03 Å². The van der Waals surface area contributed by atoms with Crippen molar-refractivity contribution in [2.75, 3.05) is 18.4 Å². The zero-order valence-electron chi connectivity index (χ0n) is 13.0. The van der Waals surface area contributed by atoms with Crippen LogP contribution < -0.4 is 5.32 Å². The molecule has 0 saturated carbocycles. The number of halogens is 1. The number of amides is 2. The lowest BCUT2D eigenvalue weighted by Crippen LogP contribution is -2.44. The Kier molecular flexibility index (Phi) is 4.39. The highest BCUT2D eigenvalue weighted by Gasteiger charge is 2.25. The number of fused-ring (bicyclic) bond motifs is 1. The highest BCUT2D eigenvalue weighted by molar-refractivity contribution is 9.10. The standard InChI is InChI=1S/C18H21BrN2O/c1-12-9-13(2)11-21(10-12)18(22)20-16-8-7-14-5-3-4-6-15(14)17(16)19/h3-8,12-13H,9-11H2,1-2H3,(H,20,22). The molecule has 1 heterocycles. The van der Waals surface area contributed by atoms with Crippen molar-refractivity contribution in [1.82, 2.24) is 4.90 Å². The molecular weight excluding hydrogens is 340 g/mol. The molecule has 2 unspecified atom stereocenters. The van der Waals surface area contributed by atoms with Crippen LogP contribution in [0.2, 0.25) is 0 Å². The predicted octanol–water partition coefficient (Wildman–Crippen LogP) is 5.11. The van der Waals surface area contributed by atoms with Gasteiger partial charge in [-0.05, 0) is 51.0 Å². The monoisotopic (exact) mass is 360 g/mol. The smallest absolute Gasteiger partial charge is 0.321 e. The lowest BCUT2D eigenvalue weighted by Gasteiger charge is -2.35. The van der Waals surface area contributed by atoms with Crippen LogP contribution in [0.15, 0.2) is 40.9 Å². The number of nitrogens with one attached hydrogen (secondary N) is 1. The Labute approximate surface area is 139 Å². The van der Waals surface area contributed by atoms with Gasteiger partial charge in [-0.25, -0.2) is 4.79 Å². The summed E-state index contributed by atoms with van der Waals surface area (Å²) >= 11 is 3.62. The van der Waals surface area contributed by atoms with E-state index in [1.165, 1.54) is 6.42 Å². The Morgan fingerprint density at radius 3 is 2.55 bits per heavy atom. The predicted molar refractivity (Wildman–Crippen MR) is 95.2 cm³/mol. The maximum absolute atomic E-state index is 12.5. The molecule has 2 atom stereocenters. The first-order valence-corrected chi connectivity index (χ1v) is 8.57. The third kappa shape index (κ3) is 3.12. The van der Waals surface area contributed by atoms with Crippen molar-refractivity contribution in [2.45, 2.75) is 20.3 Å². The molecular formula is C18H21BrN2O. The zero-order valence-corrected chi connectivity index (χ0v) is 14.6. The van der Waals surface area contributed by atoms with Crippen LogP contribution in [0, 0.1) is 11.8 Å². The second-order valence-corrected chi connectivity index (χ2v) is 7.22. The van der Waals surface area contributed by atoms with E-state index in [0.29, 0.717) is 11.8 Å². The molecule has 116 valence electrons. The summed E-state index contributed by atoms with van der Waals surface area (Å²) in [6, 6.07) is 12.1. The van der Waals surface area contributed by atoms with E-state index in [1.807, 2.05) is 29.2 Å². The fourth-order valence-corrected chi connectivity index (χ4v) is 3.95. The molecule has 22 heavy (non-hydrogen) atoms. The summed E-state index contributed by atoms with van der Waals surface area (Å²) in [5, 5.41) is 5.32. The minimum absolute atomic E-state index is 0.00520. The van der Waals surface area contributed by atoms with Gasteiger partial charge in [-0.2, -0.15) is 0 Å². The molecule has 1 aliphatic rings. The second kappa shape index (κ2) is 6.29. The van der Waals surface area contributed by atoms with Crippen molar-refractivity contribution in [3.63, 3.8) is 0 Å². The molecule has 2 amide bonds. The van der Waals surface area contributed by atoms with Crippen LogP contribution in [-0.4, -0.2) is 24.0 Å². The molecule has 2 aromatic carbocycles. The molecule has 0 aliphatic carbocycles. The number of piperidine rings is 1. The number of carbonyl (C=O) groups is 1. The van der Waals surface area contributed by atoms with Gasteiger partial charge in [0.1, 0.15) is 0 Å². The molecule has 4 heteroatoms. The lowest BCUT2D eigenvalue weighted by molar-refractivity contribution is 0.156. The van der Waals surface area contributed by atoms with Crippen molar-refractivity contribution in [2.24, 2.45) is 11.8 Å². The molecule has 2 aromatic rings. The van der Waals surface area contributed by atoms with Crippen molar-refractivity contribution in [3.05, 3.63) is 40.9 Å². The molecule has 1 N–H and O–H groups in total. The Balaban J connectivity index is 1.81. The molecule has 3 rings (SSSR count). The molecule has 3 nitrogen and oxygen atoms in total. The van der Waals surface area contributed by atoms with Gasteiger partial charge in [-0.15, -0.1) is 0 Å². The van der Waals surface area contributed by atoms with E-state index in [2.05, 4.69) is 47.2 Å². The van der Waals surface area contributed by atoms with E-state index >= 15 is 0 Å². The molecule has 0 radical (unpaired) electrons. The largest absolute Gasteiger partial charge is 0.324 e. The van der Waals surface area contributed by atoms with Crippen molar-refractivity contribution < 1.29 is 4.79 Å². The minimum atomic E-state index is -0.00520. The summed E-state index contributed by atoms with van der Waals surface area (Å²) in [6.07, 6.45) is 1.20. The summed E-state index contributed by atoms with van der Waals surface area (Å²) in [7, 11) is 0. The van der Waals surface area contributed by atoms with E-state index in [9.17, 15) is 4.79 Å². The normalized spacial score (nSPS) is 21.9. The first kappa shape index (κ1) is 15.3. The summed E-state index contributed by atoms with van der Waals surface area (Å²) in [6.45, 7) is 6.09. The molecule has 1 saturated heterocycles. The van der Waals surface area contributed by atoms with Crippen LogP contribution in [-0.2, 0) is 0 Å². The third-order valence-corrected chi connectivity index (χ3v) is 5.12. The second-order valence-electron chi connectivity index (χ2n) is 6.43. The highest BCUT2D eigenvalue weighted by atomic mass is 79.9. The molecule has 0 aromatic heterocycles. The van der Waals surface area contributed by atoms with Crippen molar-refractivity contribution in [1.29, 1.82) is 0 Å². The van der Waals surface area contributed by atoms with Crippen LogP contribution in [0.4, 0.5) is 10.5 Å². The third-order valence-electron chi connectivity index (χ3n) is 4.26. The van der Waals surface area contributed by atoms with Crippen LogP contribution in [0.1, 0.15) is 20.3 Å². The van der Waals surface area contributed by atoms with Crippen LogP contribution in [0.3, 0.4) is 0 Å². The van der Waals surface area contributed by atoms with E-state index < -0.39 is 0 Å². The summed E-state index contributed by atoms with van der Waals surface area (Å²) in [4.78, 5) is 14.5. The number of urea groups is 1. The Morgan fingerprint density at radius 2 is 1.82 bits per heavy atom. The first-order chi connectivity index (χ1) is 10.5. The van der Waals surface area contributed by atoms with Crippen molar-refractivity contribution in [3.8, 4) is 0 Å². The number of nitrogens with zero attached hydrogens (tertiary/aromatic N) is 1. The Bertz CT molecular complexity index is 691. The van der Waals surface area contributed by atoms with Gasteiger partial charge < -0.3 is 10.2 Å². The fourth-order valence-electron chi connectivity index (χ4n) is 3.35. The molecule has 0 spiro atoms. The van der Waals surface area contributed by atoms with Crippen LogP contribution in [0.25, 0.3) is 10.8 Å². The van der Waals surface area contributed by atoms with Gasteiger partial charge >= 0.3 is 6.03 Å². The van der Waals surface area contributed by atoms with Gasteiger partial charge in [-0.1, -0.05) is 44.2 Å². The number of rotatable bonds is 1. The number of anilines is 1.